The van der Waals surface area contributed by atoms with Crippen molar-refractivity contribution in [2.24, 2.45) is 0 Å². The van der Waals surface area contributed by atoms with Crippen molar-refractivity contribution in [3.8, 4) is 11.4 Å². The highest BCUT2D eigenvalue weighted by Crippen LogP contribution is 2.28. The van der Waals surface area contributed by atoms with E-state index in [0.29, 0.717) is 10.6 Å². The summed E-state index contributed by atoms with van der Waals surface area (Å²) in [5, 5.41) is 8.73. The molecule has 0 amide bonds. The first-order valence-corrected chi connectivity index (χ1v) is 11.5. The second-order valence-electron chi connectivity index (χ2n) is 7.82. The molecule has 0 saturated carbocycles. The van der Waals surface area contributed by atoms with Gasteiger partial charge >= 0.3 is 0 Å². The first-order chi connectivity index (χ1) is 13.8. The fourth-order valence-electron chi connectivity index (χ4n) is 4.22. The molecule has 0 unspecified atom stereocenters. The predicted octanol–water partition coefficient (Wildman–Crippen LogP) is 4.40. The molecule has 4 rings (SSSR count). The van der Waals surface area contributed by atoms with Gasteiger partial charge in [0, 0.05) is 24.2 Å². The maximum atomic E-state index is 13.1. The largest absolute Gasteiger partial charge is 0.311 e. The lowest BCUT2D eigenvalue weighted by molar-refractivity contribution is 0.600. The first-order valence-electron chi connectivity index (χ1n) is 9.98. The molecule has 0 atom stereocenters. The van der Waals surface area contributed by atoms with Crippen LogP contribution in [0, 0.1) is 20.8 Å². The summed E-state index contributed by atoms with van der Waals surface area (Å²) in [6.07, 6.45) is 4.37. The molecule has 29 heavy (non-hydrogen) atoms. The van der Waals surface area contributed by atoms with Crippen molar-refractivity contribution < 1.29 is 8.42 Å². The van der Waals surface area contributed by atoms with Gasteiger partial charge in [-0.2, -0.15) is 0 Å². The summed E-state index contributed by atoms with van der Waals surface area (Å²) < 4.78 is 31.1. The standard InChI is InChI=1S/C22H26N4O2S/c1-15-12-16(2)21(17(3)13-15)29(27,28)25-19-9-7-8-18(14-19)22-24-23-20-10-5-4-6-11-26(20)22/h7-9,12-14,25H,4-6,10-11H2,1-3H3. The highest BCUT2D eigenvalue weighted by atomic mass is 32.2. The Kier molecular flexibility index (Phi) is 5.17. The predicted molar refractivity (Wildman–Crippen MR) is 114 cm³/mol. The molecule has 7 heteroatoms. The average molecular weight is 411 g/mol. The molecule has 0 radical (unpaired) electrons. The number of aryl methyl sites for hydroxylation is 4. The monoisotopic (exact) mass is 410 g/mol. The molecule has 1 N–H and O–H groups in total. The van der Waals surface area contributed by atoms with E-state index >= 15 is 0 Å². The lowest BCUT2D eigenvalue weighted by atomic mass is 10.1. The molecule has 2 heterocycles. The van der Waals surface area contributed by atoms with E-state index in [2.05, 4.69) is 19.5 Å². The Bertz CT molecular complexity index is 1140. The molecule has 6 nitrogen and oxygen atoms in total. The number of rotatable bonds is 4. The van der Waals surface area contributed by atoms with Crippen molar-refractivity contribution in [3.05, 3.63) is 58.9 Å². The number of fused-ring (bicyclic) bond motifs is 1. The highest BCUT2D eigenvalue weighted by molar-refractivity contribution is 7.92. The van der Waals surface area contributed by atoms with E-state index in [1.807, 2.05) is 51.1 Å². The Morgan fingerprint density at radius 2 is 1.72 bits per heavy atom. The van der Waals surface area contributed by atoms with Crippen LogP contribution in [-0.2, 0) is 23.0 Å². The number of hydrogen-bond acceptors (Lipinski definition) is 4. The number of benzene rings is 2. The minimum atomic E-state index is -3.69. The van der Waals surface area contributed by atoms with Crippen LogP contribution in [0.4, 0.5) is 5.69 Å². The van der Waals surface area contributed by atoms with Crippen LogP contribution in [0.15, 0.2) is 41.3 Å². The van der Waals surface area contributed by atoms with Gasteiger partial charge in [-0.3, -0.25) is 4.72 Å². The van der Waals surface area contributed by atoms with Gasteiger partial charge in [0.05, 0.1) is 4.90 Å². The summed E-state index contributed by atoms with van der Waals surface area (Å²) in [6.45, 7) is 6.52. The minimum Gasteiger partial charge on any atom is -0.311 e. The Hall–Kier alpha value is -2.67. The van der Waals surface area contributed by atoms with Crippen LogP contribution in [0.3, 0.4) is 0 Å². The Labute approximate surface area is 172 Å². The van der Waals surface area contributed by atoms with Crippen LogP contribution < -0.4 is 4.72 Å². The summed E-state index contributed by atoms with van der Waals surface area (Å²) in [5.74, 6) is 1.81. The third kappa shape index (κ3) is 3.92. The zero-order valence-electron chi connectivity index (χ0n) is 17.1. The maximum absolute atomic E-state index is 13.1. The SMILES string of the molecule is Cc1cc(C)c(S(=O)(=O)Nc2cccc(-c3nnc4n3CCCCC4)c2)c(C)c1. The van der Waals surface area contributed by atoms with E-state index in [9.17, 15) is 8.42 Å². The summed E-state index contributed by atoms with van der Waals surface area (Å²) >= 11 is 0. The molecule has 1 aliphatic heterocycles. The maximum Gasteiger partial charge on any atom is 0.262 e. The van der Waals surface area contributed by atoms with Crippen molar-refractivity contribution in [1.82, 2.24) is 14.8 Å². The van der Waals surface area contributed by atoms with Crippen molar-refractivity contribution in [1.29, 1.82) is 0 Å². The van der Waals surface area contributed by atoms with Crippen LogP contribution in [-0.4, -0.2) is 23.2 Å². The number of nitrogens with zero attached hydrogens (tertiary/aromatic N) is 3. The van der Waals surface area contributed by atoms with E-state index in [1.54, 1.807) is 6.07 Å². The fourth-order valence-corrected chi connectivity index (χ4v) is 5.72. The fraction of sp³-hybridized carbons (Fsp3) is 0.364. The van der Waals surface area contributed by atoms with E-state index in [0.717, 1.165) is 59.7 Å². The van der Waals surface area contributed by atoms with Crippen molar-refractivity contribution >= 4 is 15.7 Å². The number of aromatic nitrogens is 3. The molecule has 152 valence electrons. The van der Waals surface area contributed by atoms with Crippen LogP contribution in [0.5, 0.6) is 0 Å². The van der Waals surface area contributed by atoms with Gasteiger partial charge < -0.3 is 4.57 Å². The van der Waals surface area contributed by atoms with Gasteiger partial charge in [0.2, 0.25) is 0 Å². The molecular formula is C22H26N4O2S. The van der Waals surface area contributed by atoms with E-state index in [-0.39, 0.29) is 0 Å². The summed E-state index contributed by atoms with van der Waals surface area (Å²) in [5.41, 5.74) is 3.92. The Morgan fingerprint density at radius 1 is 0.966 bits per heavy atom. The molecule has 0 aliphatic carbocycles. The topological polar surface area (TPSA) is 76.9 Å². The number of anilines is 1. The summed E-state index contributed by atoms with van der Waals surface area (Å²) in [4.78, 5) is 0.338. The molecule has 0 saturated heterocycles. The summed E-state index contributed by atoms with van der Waals surface area (Å²) in [7, 11) is -3.69. The molecule has 1 aromatic heterocycles. The molecular weight excluding hydrogens is 384 g/mol. The smallest absolute Gasteiger partial charge is 0.262 e. The normalized spacial score (nSPS) is 14.3. The van der Waals surface area contributed by atoms with Gasteiger partial charge in [-0.25, -0.2) is 8.42 Å². The molecule has 0 fully saturated rings. The van der Waals surface area contributed by atoms with Crippen molar-refractivity contribution in [3.63, 3.8) is 0 Å². The first kappa shape index (κ1) is 19.6. The van der Waals surface area contributed by atoms with Crippen LogP contribution >= 0.6 is 0 Å². The molecule has 2 aromatic carbocycles. The van der Waals surface area contributed by atoms with E-state index in [4.69, 9.17) is 0 Å². The third-order valence-electron chi connectivity index (χ3n) is 5.36. The zero-order chi connectivity index (χ0) is 20.6. The van der Waals surface area contributed by atoms with Crippen molar-refractivity contribution in [2.75, 3.05) is 4.72 Å². The Balaban J connectivity index is 1.68. The number of nitrogens with one attached hydrogen (secondary N) is 1. The zero-order valence-corrected chi connectivity index (χ0v) is 17.9. The van der Waals surface area contributed by atoms with Gasteiger partial charge in [-0.05, 0) is 56.9 Å². The lowest BCUT2D eigenvalue weighted by Gasteiger charge is -2.14. The van der Waals surface area contributed by atoms with E-state index < -0.39 is 10.0 Å². The minimum absolute atomic E-state index is 0.338. The van der Waals surface area contributed by atoms with Crippen LogP contribution in [0.1, 0.15) is 41.8 Å². The van der Waals surface area contributed by atoms with Gasteiger partial charge in [-0.1, -0.05) is 36.2 Å². The molecule has 3 aromatic rings. The van der Waals surface area contributed by atoms with Gasteiger partial charge in [0.15, 0.2) is 5.82 Å². The quantitative estimate of drug-likeness (QED) is 0.692. The molecule has 1 aliphatic rings. The van der Waals surface area contributed by atoms with Gasteiger partial charge in [0.25, 0.3) is 10.0 Å². The number of hydrogen-bond donors (Lipinski definition) is 1. The highest BCUT2D eigenvalue weighted by Gasteiger charge is 2.21. The van der Waals surface area contributed by atoms with Gasteiger partial charge in [0.1, 0.15) is 5.82 Å². The van der Waals surface area contributed by atoms with Crippen LogP contribution in [0.2, 0.25) is 0 Å². The van der Waals surface area contributed by atoms with Crippen molar-refractivity contribution in [2.45, 2.75) is 57.9 Å². The molecule has 0 bridgehead atoms. The second kappa shape index (κ2) is 7.63. The summed E-state index contributed by atoms with van der Waals surface area (Å²) in [6, 6.07) is 11.2. The number of sulfonamides is 1. The van der Waals surface area contributed by atoms with Crippen LogP contribution in [0.25, 0.3) is 11.4 Å². The van der Waals surface area contributed by atoms with Gasteiger partial charge in [-0.15, -0.1) is 10.2 Å². The molecule has 0 spiro atoms. The lowest BCUT2D eigenvalue weighted by Crippen LogP contribution is -2.16. The van der Waals surface area contributed by atoms with E-state index in [1.165, 1.54) is 6.42 Å². The second-order valence-corrected chi connectivity index (χ2v) is 9.44. The Morgan fingerprint density at radius 3 is 2.48 bits per heavy atom. The third-order valence-corrected chi connectivity index (χ3v) is 7.04. The average Bonchev–Trinajstić information content (AvgIpc) is 2.89.